The molecular weight excluding hydrogens is 306 g/mol. The number of ether oxygens (including phenoxy) is 2. The van der Waals surface area contributed by atoms with Crippen LogP contribution < -0.4 is 9.64 Å². The number of anilines is 1. The van der Waals surface area contributed by atoms with Gasteiger partial charge in [-0.3, -0.25) is 4.90 Å². The van der Waals surface area contributed by atoms with Gasteiger partial charge in [-0.1, -0.05) is 30.3 Å². The quantitative estimate of drug-likeness (QED) is 0.906. The molecule has 0 heterocycles. The van der Waals surface area contributed by atoms with Crippen LogP contribution >= 0.6 is 0 Å². The molecule has 5 nitrogen and oxygen atoms in total. The number of para-hydroxylation sites is 3. The molecule has 0 saturated heterocycles. The van der Waals surface area contributed by atoms with Gasteiger partial charge in [0.2, 0.25) is 0 Å². The summed E-state index contributed by atoms with van der Waals surface area (Å²) in [5.74, 6) is 0.680. The SMILES string of the molecule is COc1ccccc1N(Cc1ccccc1O)C(=O)OC(C)(C)C. The van der Waals surface area contributed by atoms with Crippen LogP contribution in [0.5, 0.6) is 11.5 Å². The van der Waals surface area contributed by atoms with Crippen molar-refractivity contribution in [2.24, 2.45) is 0 Å². The van der Waals surface area contributed by atoms with Crippen molar-refractivity contribution in [1.29, 1.82) is 0 Å². The third kappa shape index (κ3) is 4.41. The Labute approximate surface area is 142 Å². The lowest BCUT2D eigenvalue weighted by molar-refractivity contribution is 0.0576. The Hall–Kier alpha value is -2.69. The Morgan fingerprint density at radius 3 is 2.33 bits per heavy atom. The van der Waals surface area contributed by atoms with Gasteiger partial charge in [0, 0.05) is 5.56 Å². The van der Waals surface area contributed by atoms with Gasteiger partial charge in [-0.15, -0.1) is 0 Å². The first-order valence-electron chi connectivity index (χ1n) is 7.72. The van der Waals surface area contributed by atoms with Crippen molar-refractivity contribution in [1.82, 2.24) is 0 Å². The van der Waals surface area contributed by atoms with Crippen LogP contribution in [-0.4, -0.2) is 23.9 Å². The van der Waals surface area contributed by atoms with Gasteiger partial charge in [-0.05, 0) is 39.0 Å². The zero-order valence-corrected chi connectivity index (χ0v) is 14.4. The maximum atomic E-state index is 12.7. The summed E-state index contributed by atoms with van der Waals surface area (Å²) in [6.45, 7) is 5.60. The van der Waals surface area contributed by atoms with Gasteiger partial charge < -0.3 is 14.6 Å². The summed E-state index contributed by atoms with van der Waals surface area (Å²) in [6, 6.07) is 14.1. The zero-order valence-electron chi connectivity index (χ0n) is 14.4. The number of hydrogen-bond donors (Lipinski definition) is 1. The lowest BCUT2D eigenvalue weighted by Crippen LogP contribution is -2.36. The second kappa shape index (κ2) is 7.25. The molecule has 0 fully saturated rings. The molecule has 0 aromatic heterocycles. The van der Waals surface area contributed by atoms with E-state index in [0.717, 1.165) is 0 Å². The predicted octanol–water partition coefficient (Wildman–Crippen LogP) is 4.34. The van der Waals surface area contributed by atoms with Crippen LogP contribution in [0.2, 0.25) is 0 Å². The standard InChI is InChI=1S/C19H23NO4/c1-19(2,3)24-18(22)20(13-14-9-5-7-11-16(14)21)15-10-6-8-12-17(15)23-4/h5-12,21H,13H2,1-4H3. The van der Waals surface area contributed by atoms with Crippen molar-refractivity contribution in [2.45, 2.75) is 32.9 Å². The Bertz CT molecular complexity index is 707. The van der Waals surface area contributed by atoms with E-state index in [9.17, 15) is 9.90 Å². The predicted molar refractivity (Wildman–Crippen MR) is 93.5 cm³/mol. The molecule has 2 rings (SSSR count). The highest BCUT2D eigenvalue weighted by Gasteiger charge is 2.26. The molecule has 0 atom stereocenters. The highest BCUT2D eigenvalue weighted by atomic mass is 16.6. The fourth-order valence-corrected chi connectivity index (χ4v) is 2.23. The van der Waals surface area contributed by atoms with E-state index in [-0.39, 0.29) is 12.3 Å². The number of aromatic hydroxyl groups is 1. The first-order valence-corrected chi connectivity index (χ1v) is 7.72. The molecule has 1 N–H and O–H groups in total. The van der Waals surface area contributed by atoms with Gasteiger partial charge in [-0.2, -0.15) is 0 Å². The van der Waals surface area contributed by atoms with Crippen molar-refractivity contribution in [3.8, 4) is 11.5 Å². The minimum atomic E-state index is -0.629. The number of nitrogens with zero attached hydrogens (tertiary/aromatic N) is 1. The lowest BCUT2D eigenvalue weighted by atomic mass is 10.1. The minimum Gasteiger partial charge on any atom is -0.508 e. The number of rotatable bonds is 4. The Morgan fingerprint density at radius 1 is 1.08 bits per heavy atom. The molecule has 5 heteroatoms. The van der Waals surface area contributed by atoms with E-state index in [2.05, 4.69) is 0 Å². The second-order valence-electron chi connectivity index (χ2n) is 6.37. The first kappa shape index (κ1) is 17.7. The van der Waals surface area contributed by atoms with E-state index in [1.807, 2.05) is 39.0 Å². The highest BCUT2D eigenvalue weighted by molar-refractivity contribution is 5.90. The summed E-state index contributed by atoms with van der Waals surface area (Å²) in [7, 11) is 1.55. The van der Waals surface area contributed by atoms with E-state index < -0.39 is 11.7 Å². The molecule has 0 aliphatic heterocycles. The van der Waals surface area contributed by atoms with Crippen LogP contribution in [0, 0.1) is 0 Å². The van der Waals surface area contributed by atoms with Crippen molar-refractivity contribution in [3.63, 3.8) is 0 Å². The van der Waals surface area contributed by atoms with E-state index in [1.165, 1.54) is 4.90 Å². The average Bonchev–Trinajstić information content (AvgIpc) is 2.52. The van der Waals surface area contributed by atoms with Gasteiger partial charge >= 0.3 is 6.09 Å². The minimum absolute atomic E-state index is 0.126. The van der Waals surface area contributed by atoms with Crippen LogP contribution in [0.1, 0.15) is 26.3 Å². The maximum absolute atomic E-state index is 12.7. The van der Waals surface area contributed by atoms with E-state index in [4.69, 9.17) is 9.47 Å². The molecule has 2 aromatic carbocycles. The largest absolute Gasteiger partial charge is 0.508 e. The number of amides is 1. The highest BCUT2D eigenvalue weighted by Crippen LogP contribution is 2.31. The van der Waals surface area contributed by atoms with Crippen molar-refractivity contribution < 1.29 is 19.4 Å². The van der Waals surface area contributed by atoms with E-state index in [0.29, 0.717) is 17.0 Å². The molecule has 0 bridgehead atoms. The zero-order chi connectivity index (χ0) is 17.7. The Kier molecular flexibility index (Phi) is 5.34. The number of phenols is 1. The van der Waals surface area contributed by atoms with Crippen molar-refractivity contribution in [3.05, 3.63) is 54.1 Å². The lowest BCUT2D eigenvalue weighted by Gasteiger charge is -2.28. The normalized spacial score (nSPS) is 11.0. The topological polar surface area (TPSA) is 59.0 Å². The van der Waals surface area contributed by atoms with Gasteiger partial charge in [0.1, 0.15) is 17.1 Å². The number of benzene rings is 2. The second-order valence-corrected chi connectivity index (χ2v) is 6.37. The monoisotopic (exact) mass is 329 g/mol. The number of carbonyl (C=O) groups is 1. The molecule has 0 aliphatic carbocycles. The van der Waals surface area contributed by atoms with Crippen LogP contribution in [0.4, 0.5) is 10.5 Å². The number of methoxy groups -OCH3 is 1. The first-order chi connectivity index (χ1) is 11.3. The fourth-order valence-electron chi connectivity index (χ4n) is 2.23. The average molecular weight is 329 g/mol. The van der Waals surface area contributed by atoms with E-state index in [1.54, 1.807) is 37.4 Å². The van der Waals surface area contributed by atoms with Gasteiger partial charge in [0.15, 0.2) is 0 Å². The third-order valence-electron chi connectivity index (χ3n) is 3.31. The molecule has 24 heavy (non-hydrogen) atoms. The number of phenolic OH excluding ortho intramolecular Hbond substituents is 1. The summed E-state index contributed by atoms with van der Waals surface area (Å²) in [5.41, 5.74) is 0.572. The maximum Gasteiger partial charge on any atom is 0.415 e. The smallest absolute Gasteiger partial charge is 0.415 e. The van der Waals surface area contributed by atoms with Crippen LogP contribution in [0.3, 0.4) is 0 Å². The summed E-state index contributed by atoms with van der Waals surface area (Å²) in [4.78, 5) is 14.2. The molecule has 0 radical (unpaired) electrons. The summed E-state index contributed by atoms with van der Waals surface area (Å²) in [6.07, 6.45) is -0.504. The van der Waals surface area contributed by atoms with Crippen LogP contribution in [-0.2, 0) is 11.3 Å². The van der Waals surface area contributed by atoms with Gasteiger partial charge in [-0.25, -0.2) is 4.79 Å². The summed E-state index contributed by atoms with van der Waals surface area (Å²) < 4.78 is 10.9. The molecule has 0 aliphatic rings. The van der Waals surface area contributed by atoms with Crippen molar-refractivity contribution in [2.75, 3.05) is 12.0 Å². The number of hydrogen-bond acceptors (Lipinski definition) is 4. The van der Waals surface area contributed by atoms with Crippen LogP contribution in [0.15, 0.2) is 48.5 Å². The molecule has 128 valence electrons. The number of carbonyl (C=O) groups excluding carboxylic acids is 1. The summed E-state index contributed by atoms with van der Waals surface area (Å²) in [5, 5.41) is 10.0. The van der Waals surface area contributed by atoms with E-state index >= 15 is 0 Å². The van der Waals surface area contributed by atoms with Crippen molar-refractivity contribution >= 4 is 11.8 Å². The Morgan fingerprint density at radius 2 is 1.71 bits per heavy atom. The molecule has 1 amide bonds. The molecular formula is C19H23NO4. The van der Waals surface area contributed by atoms with Gasteiger partial charge in [0.05, 0.1) is 19.3 Å². The van der Waals surface area contributed by atoms with Gasteiger partial charge in [0.25, 0.3) is 0 Å². The molecule has 0 spiro atoms. The Balaban J connectivity index is 2.41. The third-order valence-corrected chi connectivity index (χ3v) is 3.31. The molecule has 2 aromatic rings. The molecule has 0 saturated carbocycles. The van der Waals surface area contributed by atoms with Crippen LogP contribution in [0.25, 0.3) is 0 Å². The summed E-state index contributed by atoms with van der Waals surface area (Å²) >= 11 is 0. The fraction of sp³-hybridized carbons (Fsp3) is 0.316. The molecule has 0 unspecified atom stereocenters.